The predicted octanol–water partition coefficient (Wildman–Crippen LogP) is 4.54. The lowest BCUT2D eigenvalue weighted by atomic mass is 9.92. The van der Waals surface area contributed by atoms with E-state index in [9.17, 15) is 0 Å². The quantitative estimate of drug-likeness (QED) is 0.411. The van der Waals surface area contributed by atoms with Gasteiger partial charge in [-0.1, -0.05) is 32.8 Å². The van der Waals surface area contributed by atoms with Crippen molar-refractivity contribution in [1.29, 1.82) is 0 Å². The van der Waals surface area contributed by atoms with Crippen LogP contribution in [0.25, 0.3) is 0 Å². The minimum atomic E-state index is 0.770. The van der Waals surface area contributed by atoms with Crippen LogP contribution in [0.15, 0.2) is 12.7 Å². The monoisotopic (exact) mass is 237 g/mol. The van der Waals surface area contributed by atoms with Crippen LogP contribution in [0.3, 0.4) is 0 Å². The average molecular weight is 237 g/mol. The van der Waals surface area contributed by atoms with E-state index in [0.29, 0.717) is 0 Å². The average Bonchev–Trinajstić information content (AvgIpc) is 3.16. The molecular weight excluding hydrogens is 206 g/mol. The Morgan fingerprint density at radius 1 is 1.29 bits per heavy atom. The van der Waals surface area contributed by atoms with E-state index in [1.165, 1.54) is 57.9 Å². The van der Waals surface area contributed by atoms with Gasteiger partial charge in [-0.2, -0.15) is 0 Å². The zero-order valence-electron chi connectivity index (χ0n) is 11.9. The Morgan fingerprint density at radius 3 is 2.65 bits per heavy atom. The highest BCUT2D eigenvalue weighted by molar-refractivity contribution is 4.86. The summed E-state index contributed by atoms with van der Waals surface area (Å²) < 4.78 is 0. The highest BCUT2D eigenvalue weighted by atomic mass is 14.9. The molecule has 1 saturated carbocycles. The molecule has 1 aliphatic carbocycles. The van der Waals surface area contributed by atoms with E-state index in [0.717, 1.165) is 17.9 Å². The van der Waals surface area contributed by atoms with Crippen molar-refractivity contribution in [2.45, 2.75) is 71.3 Å². The third kappa shape index (κ3) is 6.26. The van der Waals surface area contributed by atoms with E-state index in [4.69, 9.17) is 0 Å². The van der Waals surface area contributed by atoms with Gasteiger partial charge in [0, 0.05) is 6.04 Å². The molecule has 0 saturated heterocycles. The first kappa shape index (κ1) is 14.8. The maximum atomic E-state index is 3.78. The molecule has 0 aromatic heterocycles. The van der Waals surface area contributed by atoms with Gasteiger partial charge in [0.05, 0.1) is 0 Å². The largest absolute Gasteiger partial charge is 0.314 e. The Labute approximate surface area is 108 Å². The highest BCUT2D eigenvalue weighted by Gasteiger charge is 2.32. The van der Waals surface area contributed by atoms with Crippen LogP contribution >= 0.6 is 0 Å². The Morgan fingerprint density at radius 2 is 2.06 bits per heavy atom. The van der Waals surface area contributed by atoms with Gasteiger partial charge in [-0.3, -0.25) is 0 Å². The zero-order valence-corrected chi connectivity index (χ0v) is 11.9. The summed E-state index contributed by atoms with van der Waals surface area (Å²) in [6, 6.07) is 0.770. The van der Waals surface area contributed by atoms with Crippen LogP contribution in [-0.4, -0.2) is 12.6 Å². The summed E-state index contributed by atoms with van der Waals surface area (Å²) in [5.41, 5.74) is 0. The molecule has 1 heteroatoms. The SMILES string of the molecule is C=CCCCCCC(NCCC)C(C)C1CC1. The van der Waals surface area contributed by atoms with Crippen molar-refractivity contribution in [2.24, 2.45) is 11.8 Å². The van der Waals surface area contributed by atoms with Crippen LogP contribution in [0.4, 0.5) is 0 Å². The Hall–Kier alpha value is -0.300. The van der Waals surface area contributed by atoms with Gasteiger partial charge in [0.25, 0.3) is 0 Å². The van der Waals surface area contributed by atoms with Gasteiger partial charge in [-0.25, -0.2) is 0 Å². The van der Waals surface area contributed by atoms with Crippen molar-refractivity contribution in [2.75, 3.05) is 6.54 Å². The van der Waals surface area contributed by atoms with Gasteiger partial charge in [0.2, 0.25) is 0 Å². The van der Waals surface area contributed by atoms with E-state index in [2.05, 4.69) is 25.7 Å². The first-order valence-electron chi connectivity index (χ1n) is 7.63. The summed E-state index contributed by atoms with van der Waals surface area (Å²) in [7, 11) is 0. The number of hydrogen-bond acceptors (Lipinski definition) is 1. The molecular formula is C16H31N. The lowest BCUT2D eigenvalue weighted by Crippen LogP contribution is -2.36. The van der Waals surface area contributed by atoms with Gasteiger partial charge in [0.1, 0.15) is 0 Å². The van der Waals surface area contributed by atoms with E-state index < -0.39 is 0 Å². The Kier molecular flexibility index (Phi) is 7.59. The van der Waals surface area contributed by atoms with Crippen molar-refractivity contribution >= 4 is 0 Å². The number of unbranched alkanes of at least 4 members (excludes halogenated alkanes) is 3. The second kappa shape index (κ2) is 8.74. The van der Waals surface area contributed by atoms with E-state index in [1.54, 1.807) is 0 Å². The van der Waals surface area contributed by atoms with Crippen LogP contribution in [0.1, 0.15) is 65.2 Å². The maximum absolute atomic E-state index is 3.78. The molecule has 0 aromatic carbocycles. The third-order valence-corrected chi connectivity index (χ3v) is 4.08. The number of allylic oxidation sites excluding steroid dienone is 1. The fourth-order valence-electron chi connectivity index (χ4n) is 2.66. The Bertz CT molecular complexity index is 196. The van der Waals surface area contributed by atoms with Gasteiger partial charge < -0.3 is 5.32 Å². The van der Waals surface area contributed by atoms with Crippen molar-refractivity contribution in [3.8, 4) is 0 Å². The first-order chi connectivity index (χ1) is 8.29. The van der Waals surface area contributed by atoms with Gasteiger partial charge in [-0.15, -0.1) is 6.58 Å². The summed E-state index contributed by atoms with van der Waals surface area (Å²) in [6.07, 6.45) is 12.9. The molecule has 17 heavy (non-hydrogen) atoms. The minimum Gasteiger partial charge on any atom is -0.314 e. The fourth-order valence-corrected chi connectivity index (χ4v) is 2.66. The molecule has 0 radical (unpaired) electrons. The molecule has 1 rings (SSSR count). The van der Waals surface area contributed by atoms with E-state index in [1.807, 2.05) is 6.08 Å². The lowest BCUT2D eigenvalue weighted by Gasteiger charge is -2.25. The second-order valence-electron chi connectivity index (χ2n) is 5.68. The smallest absolute Gasteiger partial charge is 0.00953 e. The van der Waals surface area contributed by atoms with Crippen molar-refractivity contribution in [3.63, 3.8) is 0 Å². The molecule has 0 bridgehead atoms. The summed E-state index contributed by atoms with van der Waals surface area (Å²) in [6.45, 7) is 9.68. The van der Waals surface area contributed by atoms with E-state index >= 15 is 0 Å². The van der Waals surface area contributed by atoms with Gasteiger partial charge in [0.15, 0.2) is 0 Å². The standard InChI is InChI=1S/C16H31N/c1-4-6-7-8-9-10-16(17-13-5-2)14(3)15-11-12-15/h4,14-17H,1,5-13H2,2-3H3. The molecule has 2 atom stereocenters. The number of hydrogen-bond donors (Lipinski definition) is 1. The van der Waals surface area contributed by atoms with Crippen LogP contribution in [-0.2, 0) is 0 Å². The van der Waals surface area contributed by atoms with Crippen LogP contribution in [0, 0.1) is 11.8 Å². The molecule has 1 fully saturated rings. The summed E-state index contributed by atoms with van der Waals surface area (Å²) in [5.74, 6) is 1.92. The van der Waals surface area contributed by atoms with E-state index in [-0.39, 0.29) is 0 Å². The minimum absolute atomic E-state index is 0.770. The highest BCUT2D eigenvalue weighted by Crippen LogP contribution is 2.39. The third-order valence-electron chi connectivity index (χ3n) is 4.08. The lowest BCUT2D eigenvalue weighted by molar-refractivity contribution is 0.317. The number of rotatable bonds is 11. The van der Waals surface area contributed by atoms with Crippen molar-refractivity contribution in [3.05, 3.63) is 12.7 Å². The molecule has 1 nitrogen and oxygen atoms in total. The molecule has 0 aliphatic heterocycles. The fraction of sp³-hybridized carbons (Fsp3) is 0.875. The molecule has 0 amide bonds. The molecule has 1 N–H and O–H groups in total. The summed E-state index contributed by atoms with van der Waals surface area (Å²) in [4.78, 5) is 0. The van der Waals surface area contributed by atoms with Crippen molar-refractivity contribution in [1.82, 2.24) is 5.32 Å². The van der Waals surface area contributed by atoms with Crippen molar-refractivity contribution < 1.29 is 0 Å². The Balaban J connectivity index is 2.17. The molecule has 0 heterocycles. The molecule has 0 spiro atoms. The molecule has 1 aliphatic rings. The molecule has 2 unspecified atom stereocenters. The normalized spacial score (nSPS) is 18.9. The first-order valence-corrected chi connectivity index (χ1v) is 7.63. The number of nitrogens with one attached hydrogen (secondary N) is 1. The molecule has 0 aromatic rings. The summed E-state index contributed by atoms with van der Waals surface area (Å²) in [5, 5.41) is 3.76. The van der Waals surface area contributed by atoms with Crippen LogP contribution in [0.5, 0.6) is 0 Å². The van der Waals surface area contributed by atoms with Crippen LogP contribution in [0.2, 0.25) is 0 Å². The maximum Gasteiger partial charge on any atom is 0.00953 e. The topological polar surface area (TPSA) is 12.0 Å². The van der Waals surface area contributed by atoms with Gasteiger partial charge >= 0.3 is 0 Å². The summed E-state index contributed by atoms with van der Waals surface area (Å²) >= 11 is 0. The molecule has 100 valence electrons. The predicted molar refractivity (Wildman–Crippen MR) is 77.3 cm³/mol. The van der Waals surface area contributed by atoms with Gasteiger partial charge in [-0.05, 0) is 56.9 Å². The van der Waals surface area contributed by atoms with Crippen LogP contribution < -0.4 is 5.32 Å². The zero-order chi connectivity index (χ0) is 12.5. The second-order valence-corrected chi connectivity index (χ2v) is 5.68.